The normalized spacial score (nSPS) is 19.3. The minimum atomic E-state index is -0.182. The molecule has 0 bridgehead atoms. The van der Waals surface area contributed by atoms with Crippen molar-refractivity contribution in [1.82, 2.24) is 20.4 Å². The molecule has 1 aliphatic carbocycles. The molecule has 1 saturated heterocycles. The van der Waals surface area contributed by atoms with Gasteiger partial charge in [-0.15, -0.1) is 0 Å². The second-order valence-corrected chi connectivity index (χ2v) is 7.40. The molecule has 0 radical (unpaired) electrons. The summed E-state index contributed by atoms with van der Waals surface area (Å²) in [5.41, 5.74) is 1.02. The zero-order valence-electron chi connectivity index (χ0n) is 16.2. The summed E-state index contributed by atoms with van der Waals surface area (Å²) in [6.45, 7) is 6.10. The summed E-state index contributed by atoms with van der Waals surface area (Å²) in [7, 11) is 1.63. The third kappa shape index (κ3) is 5.94. The van der Waals surface area contributed by atoms with E-state index in [0.717, 1.165) is 50.3 Å². The summed E-state index contributed by atoms with van der Waals surface area (Å²) < 4.78 is 5.21. The summed E-state index contributed by atoms with van der Waals surface area (Å²) in [6, 6.07) is 7.93. The lowest BCUT2D eigenvalue weighted by atomic mass is 10.2. The molecule has 148 valence electrons. The number of amides is 2. The Balaban J connectivity index is 1.39. The van der Waals surface area contributed by atoms with Crippen LogP contribution in [0.4, 0.5) is 0 Å². The summed E-state index contributed by atoms with van der Waals surface area (Å²) in [4.78, 5) is 28.7. The van der Waals surface area contributed by atoms with Crippen molar-refractivity contribution in [3.63, 3.8) is 0 Å². The quantitative estimate of drug-likeness (QED) is 0.697. The van der Waals surface area contributed by atoms with E-state index in [1.807, 2.05) is 31.2 Å². The molecule has 7 heteroatoms. The fourth-order valence-corrected chi connectivity index (χ4v) is 3.30. The smallest absolute Gasteiger partial charge is 0.237 e. The van der Waals surface area contributed by atoms with E-state index in [4.69, 9.17) is 4.74 Å². The maximum atomic E-state index is 12.5. The lowest BCUT2D eigenvalue weighted by Crippen LogP contribution is -2.55. The molecular formula is C20H30N4O3. The van der Waals surface area contributed by atoms with Crippen LogP contribution in [-0.4, -0.2) is 73.5 Å². The molecule has 1 aromatic carbocycles. The van der Waals surface area contributed by atoms with Gasteiger partial charge in [-0.1, -0.05) is 12.1 Å². The van der Waals surface area contributed by atoms with Gasteiger partial charge in [-0.25, -0.2) is 0 Å². The van der Waals surface area contributed by atoms with Crippen LogP contribution in [-0.2, 0) is 16.1 Å². The second kappa shape index (κ2) is 9.19. The van der Waals surface area contributed by atoms with E-state index in [2.05, 4.69) is 20.4 Å². The van der Waals surface area contributed by atoms with Gasteiger partial charge in [0.25, 0.3) is 0 Å². The summed E-state index contributed by atoms with van der Waals surface area (Å²) in [5, 5.41) is 6.03. The van der Waals surface area contributed by atoms with Gasteiger partial charge in [0, 0.05) is 38.8 Å². The third-order valence-electron chi connectivity index (χ3n) is 5.24. The predicted molar refractivity (Wildman–Crippen MR) is 103 cm³/mol. The van der Waals surface area contributed by atoms with Crippen molar-refractivity contribution in [3.8, 4) is 5.75 Å². The standard InChI is InChI=1S/C20H30N4O3/c1-15(20(26)21-13-16-4-3-5-18(12-16)27-2)24-10-8-23(9-11-24)14-19(25)22-17-6-7-17/h3-5,12,15,17H,6-11,13-14H2,1-2H3,(H,21,26)(H,22,25). The molecule has 1 aliphatic heterocycles. The van der Waals surface area contributed by atoms with Crippen LogP contribution in [0.15, 0.2) is 24.3 Å². The number of carbonyl (C=O) groups is 2. The number of hydrogen-bond acceptors (Lipinski definition) is 5. The number of piperazine rings is 1. The Bertz CT molecular complexity index is 654. The van der Waals surface area contributed by atoms with Gasteiger partial charge in [-0.2, -0.15) is 0 Å². The number of nitrogens with zero attached hydrogens (tertiary/aromatic N) is 2. The molecule has 0 aromatic heterocycles. The molecule has 0 spiro atoms. The van der Waals surface area contributed by atoms with Crippen molar-refractivity contribution in [3.05, 3.63) is 29.8 Å². The number of methoxy groups -OCH3 is 1. The van der Waals surface area contributed by atoms with Gasteiger partial charge >= 0.3 is 0 Å². The van der Waals surface area contributed by atoms with Crippen LogP contribution in [0.3, 0.4) is 0 Å². The zero-order chi connectivity index (χ0) is 19.2. The Hall–Kier alpha value is -2.12. The van der Waals surface area contributed by atoms with E-state index in [1.165, 1.54) is 0 Å². The molecule has 3 rings (SSSR count). The van der Waals surface area contributed by atoms with Crippen LogP contribution < -0.4 is 15.4 Å². The van der Waals surface area contributed by atoms with Crippen molar-refractivity contribution >= 4 is 11.8 Å². The van der Waals surface area contributed by atoms with Gasteiger partial charge in [-0.3, -0.25) is 19.4 Å². The van der Waals surface area contributed by atoms with Gasteiger partial charge in [-0.05, 0) is 37.5 Å². The Morgan fingerprint density at radius 1 is 1.22 bits per heavy atom. The first-order valence-electron chi connectivity index (χ1n) is 9.71. The SMILES string of the molecule is COc1cccc(CNC(=O)C(C)N2CCN(CC(=O)NC3CC3)CC2)c1. The monoisotopic (exact) mass is 374 g/mol. The van der Waals surface area contributed by atoms with Crippen LogP contribution in [0.5, 0.6) is 5.75 Å². The van der Waals surface area contributed by atoms with Crippen molar-refractivity contribution in [2.24, 2.45) is 0 Å². The van der Waals surface area contributed by atoms with Crippen molar-refractivity contribution < 1.29 is 14.3 Å². The molecule has 2 N–H and O–H groups in total. The van der Waals surface area contributed by atoms with Gasteiger partial charge in [0.1, 0.15) is 5.75 Å². The average Bonchev–Trinajstić information content (AvgIpc) is 3.50. The molecule has 1 atom stereocenters. The van der Waals surface area contributed by atoms with E-state index >= 15 is 0 Å². The molecule has 1 unspecified atom stereocenters. The van der Waals surface area contributed by atoms with E-state index in [0.29, 0.717) is 19.1 Å². The highest BCUT2D eigenvalue weighted by Gasteiger charge is 2.28. The fourth-order valence-electron chi connectivity index (χ4n) is 3.30. The maximum absolute atomic E-state index is 12.5. The number of carbonyl (C=O) groups excluding carboxylic acids is 2. The average molecular weight is 374 g/mol. The molecule has 1 saturated carbocycles. The van der Waals surface area contributed by atoms with Crippen molar-refractivity contribution in [1.29, 1.82) is 0 Å². The van der Waals surface area contributed by atoms with Crippen LogP contribution in [0, 0.1) is 0 Å². The van der Waals surface area contributed by atoms with Gasteiger partial charge < -0.3 is 15.4 Å². The minimum Gasteiger partial charge on any atom is -0.497 e. The Morgan fingerprint density at radius 3 is 2.63 bits per heavy atom. The van der Waals surface area contributed by atoms with Gasteiger partial charge in [0.05, 0.1) is 19.7 Å². The van der Waals surface area contributed by atoms with Crippen LogP contribution in [0.1, 0.15) is 25.3 Å². The third-order valence-corrected chi connectivity index (χ3v) is 5.24. The second-order valence-electron chi connectivity index (χ2n) is 7.40. The molecular weight excluding hydrogens is 344 g/mol. The van der Waals surface area contributed by atoms with E-state index in [-0.39, 0.29) is 17.9 Å². The van der Waals surface area contributed by atoms with Crippen LogP contribution in [0.25, 0.3) is 0 Å². The lowest BCUT2D eigenvalue weighted by Gasteiger charge is -2.37. The first kappa shape index (κ1) is 19.6. The fraction of sp³-hybridized carbons (Fsp3) is 0.600. The number of nitrogens with one attached hydrogen (secondary N) is 2. The van der Waals surface area contributed by atoms with Gasteiger partial charge in [0.15, 0.2) is 0 Å². The first-order valence-corrected chi connectivity index (χ1v) is 9.71. The van der Waals surface area contributed by atoms with Crippen LogP contribution in [0.2, 0.25) is 0 Å². The highest BCUT2D eigenvalue weighted by molar-refractivity contribution is 5.81. The molecule has 2 amide bonds. The van der Waals surface area contributed by atoms with Crippen molar-refractivity contribution in [2.45, 2.75) is 38.4 Å². The number of rotatable bonds is 8. The molecule has 2 aliphatic rings. The highest BCUT2D eigenvalue weighted by Crippen LogP contribution is 2.18. The number of hydrogen-bond donors (Lipinski definition) is 2. The zero-order valence-corrected chi connectivity index (χ0v) is 16.2. The Labute approximate surface area is 161 Å². The van der Waals surface area contributed by atoms with Gasteiger partial charge in [0.2, 0.25) is 11.8 Å². The topological polar surface area (TPSA) is 73.9 Å². The Kier molecular flexibility index (Phi) is 6.68. The summed E-state index contributed by atoms with van der Waals surface area (Å²) in [6.07, 6.45) is 2.23. The first-order chi connectivity index (χ1) is 13.0. The summed E-state index contributed by atoms with van der Waals surface area (Å²) >= 11 is 0. The summed E-state index contributed by atoms with van der Waals surface area (Å²) in [5.74, 6) is 0.935. The van der Waals surface area contributed by atoms with E-state index < -0.39 is 0 Å². The van der Waals surface area contributed by atoms with Crippen LogP contribution >= 0.6 is 0 Å². The number of benzene rings is 1. The molecule has 27 heavy (non-hydrogen) atoms. The molecule has 1 aromatic rings. The predicted octanol–water partition coefficient (Wildman–Crippen LogP) is 0.596. The molecule has 7 nitrogen and oxygen atoms in total. The number of ether oxygens (including phenoxy) is 1. The maximum Gasteiger partial charge on any atom is 0.237 e. The Morgan fingerprint density at radius 2 is 1.96 bits per heavy atom. The molecule has 2 fully saturated rings. The molecule has 1 heterocycles. The largest absolute Gasteiger partial charge is 0.497 e. The minimum absolute atomic E-state index is 0.0257. The highest BCUT2D eigenvalue weighted by atomic mass is 16.5. The van der Waals surface area contributed by atoms with E-state index in [1.54, 1.807) is 7.11 Å². The lowest BCUT2D eigenvalue weighted by molar-refractivity contribution is -0.128. The van der Waals surface area contributed by atoms with Crippen molar-refractivity contribution in [2.75, 3.05) is 39.8 Å². The van der Waals surface area contributed by atoms with E-state index in [9.17, 15) is 9.59 Å².